The Bertz CT molecular complexity index is 297. The maximum Gasteiger partial charge on any atom is 0.0578 e. The van der Waals surface area contributed by atoms with Crippen LogP contribution < -0.4 is 5.32 Å². The second-order valence-corrected chi connectivity index (χ2v) is 3.69. The van der Waals surface area contributed by atoms with Crippen LogP contribution in [0.5, 0.6) is 0 Å². The second-order valence-electron chi connectivity index (χ2n) is 3.69. The third kappa shape index (κ3) is 4.18. The van der Waals surface area contributed by atoms with Crippen molar-refractivity contribution in [3.05, 3.63) is 35.9 Å². The van der Waals surface area contributed by atoms with E-state index in [1.54, 1.807) is 0 Å². The molecule has 1 aromatic carbocycles. The molecule has 1 aromatic rings. The summed E-state index contributed by atoms with van der Waals surface area (Å²) in [7, 11) is 0. The van der Waals surface area contributed by atoms with Crippen molar-refractivity contribution in [3.8, 4) is 12.3 Å². The lowest BCUT2D eigenvalue weighted by atomic mass is 10.0. The van der Waals surface area contributed by atoms with Crippen molar-refractivity contribution >= 4 is 0 Å². The summed E-state index contributed by atoms with van der Waals surface area (Å²) >= 11 is 0. The SMILES string of the molecule is C#CCNC(CCCC)c1ccccc1. The van der Waals surface area contributed by atoms with Crippen LogP contribution in [0.1, 0.15) is 37.8 Å². The molecule has 0 aromatic heterocycles. The molecule has 1 heteroatoms. The molecule has 0 saturated carbocycles. The maximum atomic E-state index is 5.27. The molecule has 0 saturated heterocycles. The summed E-state index contributed by atoms with van der Waals surface area (Å²) < 4.78 is 0. The Morgan fingerprint density at radius 2 is 2.07 bits per heavy atom. The van der Waals surface area contributed by atoms with E-state index in [-0.39, 0.29) is 0 Å². The highest BCUT2D eigenvalue weighted by Gasteiger charge is 2.08. The molecule has 0 radical (unpaired) electrons. The first-order valence-corrected chi connectivity index (χ1v) is 5.60. The normalized spacial score (nSPS) is 12.0. The largest absolute Gasteiger partial charge is 0.299 e. The van der Waals surface area contributed by atoms with E-state index in [0.29, 0.717) is 12.6 Å². The van der Waals surface area contributed by atoms with E-state index in [9.17, 15) is 0 Å². The molecule has 0 spiro atoms. The smallest absolute Gasteiger partial charge is 0.0578 e. The molecule has 1 N–H and O–H groups in total. The van der Waals surface area contributed by atoms with Crippen molar-refractivity contribution in [2.45, 2.75) is 32.2 Å². The molecule has 0 fully saturated rings. The number of unbranched alkanes of at least 4 members (excludes halogenated alkanes) is 1. The lowest BCUT2D eigenvalue weighted by Crippen LogP contribution is -2.21. The molecular formula is C14H19N. The van der Waals surface area contributed by atoms with E-state index in [1.165, 1.54) is 18.4 Å². The fourth-order valence-corrected chi connectivity index (χ4v) is 1.66. The van der Waals surface area contributed by atoms with Gasteiger partial charge in [-0.3, -0.25) is 5.32 Å². The number of benzene rings is 1. The summed E-state index contributed by atoms with van der Waals surface area (Å²) in [6.45, 7) is 2.85. The Morgan fingerprint density at radius 3 is 2.67 bits per heavy atom. The Kier molecular flexibility index (Phi) is 5.58. The number of hydrogen-bond donors (Lipinski definition) is 1. The van der Waals surface area contributed by atoms with Gasteiger partial charge in [-0.2, -0.15) is 0 Å². The van der Waals surface area contributed by atoms with Crippen LogP contribution in [-0.2, 0) is 0 Å². The van der Waals surface area contributed by atoms with Crippen LogP contribution in [0.2, 0.25) is 0 Å². The van der Waals surface area contributed by atoms with Crippen molar-refractivity contribution in [2.75, 3.05) is 6.54 Å². The van der Waals surface area contributed by atoms with Gasteiger partial charge in [0.05, 0.1) is 6.54 Å². The minimum absolute atomic E-state index is 0.405. The summed E-state index contributed by atoms with van der Waals surface area (Å²) in [5.41, 5.74) is 1.33. The average molecular weight is 201 g/mol. The maximum absolute atomic E-state index is 5.27. The van der Waals surface area contributed by atoms with E-state index < -0.39 is 0 Å². The topological polar surface area (TPSA) is 12.0 Å². The Labute approximate surface area is 92.9 Å². The number of nitrogens with one attached hydrogen (secondary N) is 1. The van der Waals surface area contributed by atoms with E-state index >= 15 is 0 Å². The summed E-state index contributed by atoms with van der Waals surface area (Å²) in [5, 5.41) is 3.38. The highest BCUT2D eigenvalue weighted by Crippen LogP contribution is 2.18. The van der Waals surface area contributed by atoms with Crippen LogP contribution in [0.25, 0.3) is 0 Å². The van der Waals surface area contributed by atoms with E-state index in [4.69, 9.17) is 6.42 Å². The average Bonchev–Trinajstić information content (AvgIpc) is 2.30. The standard InChI is InChI=1S/C14H19N/c1-3-5-11-14(15-12-4-2)13-9-7-6-8-10-13/h2,6-10,14-15H,3,5,11-12H2,1H3. The zero-order valence-electron chi connectivity index (χ0n) is 9.37. The van der Waals surface area contributed by atoms with E-state index in [1.807, 2.05) is 6.07 Å². The van der Waals surface area contributed by atoms with Gasteiger partial charge in [-0.1, -0.05) is 56.0 Å². The Hall–Kier alpha value is -1.26. The summed E-state index contributed by atoms with van der Waals surface area (Å²) in [6, 6.07) is 10.9. The Morgan fingerprint density at radius 1 is 1.33 bits per heavy atom. The predicted molar refractivity (Wildman–Crippen MR) is 65.5 cm³/mol. The molecule has 1 nitrogen and oxygen atoms in total. The fourth-order valence-electron chi connectivity index (χ4n) is 1.66. The molecule has 0 aliphatic carbocycles. The van der Waals surface area contributed by atoms with Crippen LogP contribution in [0.4, 0.5) is 0 Å². The molecule has 1 rings (SSSR count). The second kappa shape index (κ2) is 7.09. The zero-order valence-corrected chi connectivity index (χ0v) is 9.37. The molecular weight excluding hydrogens is 182 g/mol. The number of rotatable bonds is 6. The summed E-state index contributed by atoms with van der Waals surface area (Å²) in [6.07, 6.45) is 8.88. The van der Waals surface area contributed by atoms with Crippen LogP contribution >= 0.6 is 0 Å². The lowest BCUT2D eigenvalue weighted by molar-refractivity contribution is 0.508. The van der Waals surface area contributed by atoms with Gasteiger partial charge in [0.15, 0.2) is 0 Å². The van der Waals surface area contributed by atoms with Crippen LogP contribution in [0.15, 0.2) is 30.3 Å². The minimum atomic E-state index is 0.405. The highest BCUT2D eigenvalue weighted by molar-refractivity contribution is 5.19. The van der Waals surface area contributed by atoms with Crippen molar-refractivity contribution in [2.24, 2.45) is 0 Å². The van der Waals surface area contributed by atoms with Crippen molar-refractivity contribution in [3.63, 3.8) is 0 Å². The van der Waals surface area contributed by atoms with Gasteiger partial charge in [-0.25, -0.2) is 0 Å². The molecule has 0 aliphatic heterocycles. The third-order valence-corrected chi connectivity index (χ3v) is 2.50. The van der Waals surface area contributed by atoms with Crippen LogP contribution in [0, 0.1) is 12.3 Å². The monoisotopic (exact) mass is 201 g/mol. The van der Waals surface area contributed by atoms with Crippen LogP contribution in [0.3, 0.4) is 0 Å². The number of terminal acetylenes is 1. The molecule has 80 valence electrons. The molecule has 0 bridgehead atoms. The molecule has 1 unspecified atom stereocenters. The van der Waals surface area contributed by atoms with Gasteiger partial charge < -0.3 is 0 Å². The fraction of sp³-hybridized carbons (Fsp3) is 0.429. The quantitative estimate of drug-likeness (QED) is 0.697. The van der Waals surface area contributed by atoms with Gasteiger partial charge in [0.2, 0.25) is 0 Å². The first-order valence-electron chi connectivity index (χ1n) is 5.60. The van der Waals surface area contributed by atoms with Gasteiger partial charge in [-0.05, 0) is 12.0 Å². The zero-order chi connectivity index (χ0) is 10.9. The third-order valence-electron chi connectivity index (χ3n) is 2.50. The van der Waals surface area contributed by atoms with E-state index in [2.05, 4.69) is 42.4 Å². The van der Waals surface area contributed by atoms with Gasteiger partial charge in [0.25, 0.3) is 0 Å². The highest BCUT2D eigenvalue weighted by atomic mass is 14.9. The summed E-state index contributed by atoms with van der Waals surface area (Å²) in [4.78, 5) is 0. The Balaban J connectivity index is 2.59. The van der Waals surface area contributed by atoms with Gasteiger partial charge in [-0.15, -0.1) is 6.42 Å². The van der Waals surface area contributed by atoms with E-state index in [0.717, 1.165) is 6.42 Å². The van der Waals surface area contributed by atoms with Crippen molar-refractivity contribution in [1.29, 1.82) is 0 Å². The molecule has 0 aliphatic rings. The predicted octanol–water partition coefficient (Wildman–Crippen LogP) is 3.14. The summed E-state index contributed by atoms with van der Waals surface area (Å²) in [5.74, 6) is 2.63. The molecule has 0 amide bonds. The molecule has 1 atom stereocenters. The first kappa shape index (κ1) is 11.8. The first-order chi connectivity index (χ1) is 7.38. The van der Waals surface area contributed by atoms with Crippen molar-refractivity contribution < 1.29 is 0 Å². The molecule has 15 heavy (non-hydrogen) atoms. The van der Waals surface area contributed by atoms with Gasteiger partial charge >= 0.3 is 0 Å². The number of hydrogen-bond acceptors (Lipinski definition) is 1. The van der Waals surface area contributed by atoms with Gasteiger partial charge in [0, 0.05) is 6.04 Å². The molecule has 0 heterocycles. The lowest BCUT2D eigenvalue weighted by Gasteiger charge is -2.17. The minimum Gasteiger partial charge on any atom is -0.299 e. The van der Waals surface area contributed by atoms with Crippen LogP contribution in [-0.4, -0.2) is 6.54 Å². The van der Waals surface area contributed by atoms with Crippen molar-refractivity contribution in [1.82, 2.24) is 5.32 Å². The van der Waals surface area contributed by atoms with Gasteiger partial charge in [0.1, 0.15) is 0 Å².